The van der Waals surface area contributed by atoms with Gasteiger partial charge in [-0.3, -0.25) is 0 Å². The minimum atomic E-state index is -0.333. The Morgan fingerprint density at radius 1 is 1.53 bits per heavy atom. The first kappa shape index (κ1) is 13.7. The SMILES string of the molecule is C=C(CC)CC(NC)c1ccc(F)c(OC)c1. The van der Waals surface area contributed by atoms with Gasteiger partial charge in [0.1, 0.15) is 0 Å². The maximum atomic E-state index is 13.3. The van der Waals surface area contributed by atoms with Crippen LogP contribution in [0.2, 0.25) is 0 Å². The number of hydrogen-bond donors (Lipinski definition) is 1. The second kappa shape index (κ2) is 6.40. The first-order valence-electron chi connectivity index (χ1n) is 5.79. The molecule has 1 unspecified atom stereocenters. The van der Waals surface area contributed by atoms with E-state index in [4.69, 9.17) is 4.74 Å². The van der Waals surface area contributed by atoms with Crippen LogP contribution in [0, 0.1) is 5.82 Å². The molecule has 0 aliphatic heterocycles. The molecule has 0 aromatic heterocycles. The minimum absolute atomic E-state index is 0.150. The normalized spacial score (nSPS) is 12.2. The van der Waals surface area contributed by atoms with Crippen LogP contribution in [0.1, 0.15) is 31.4 Å². The van der Waals surface area contributed by atoms with E-state index in [0.717, 1.165) is 18.4 Å². The molecule has 1 rings (SSSR count). The molecular weight excluding hydrogens is 217 g/mol. The van der Waals surface area contributed by atoms with Crippen molar-refractivity contribution in [3.05, 3.63) is 41.7 Å². The highest BCUT2D eigenvalue weighted by molar-refractivity contribution is 5.32. The highest BCUT2D eigenvalue weighted by atomic mass is 19.1. The fourth-order valence-electron chi connectivity index (χ4n) is 1.71. The highest BCUT2D eigenvalue weighted by Gasteiger charge is 2.12. The maximum absolute atomic E-state index is 13.3. The third-order valence-electron chi connectivity index (χ3n) is 2.92. The van der Waals surface area contributed by atoms with Gasteiger partial charge in [0.15, 0.2) is 11.6 Å². The number of ether oxygens (including phenoxy) is 1. The van der Waals surface area contributed by atoms with Crippen molar-refractivity contribution in [2.24, 2.45) is 0 Å². The van der Waals surface area contributed by atoms with Gasteiger partial charge in [-0.25, -0.2) is 4.39 Å². The van der Waals surface area contributed by atoms with Crippen molar-refractivity contribution < 1.29 is 9.13 Å². The second-order valence-corrected chi connectivity index (χ2v) is 4.04. The van der Waals surface area contributed by atoms with E-state index >= 15 is 0 Å². The van der Waals surface area contributed by atoms with Gasteiger partial charge in [-0.05, 0) is 37.6 Å². The van der Waals surface area contributed by atoms with E-state index < -0.39 is 0 Å². The van der Waals surface area contributed by atoms with Crippen LogP contribution in [0.4, 0.5) is 4.39 Å². The fourth-order valence-corrected chi connectivity index (χ4v) is 1.71. The lowest BCUT2D eigenvalue weighted by Gasteiger charge is -2.18. The highest BCUT2D eigenvalue weighted by Crippen LogP contribution is 2.26. The molecule has 0 saturated carbocycles. The molecule has 1 aromatic rings. The third kappa shape index (κ3) is 3.56. The largest absolute Gasteiger partial charge is 0.494 e. The van der Waals surface area contributed by atoms with E-state index in [9.17, 15) is 4.39 Å². The zero-order valence-corrected chi connectivity index (χ0v) is 10.7. The van der Waals surface area contributed by atoms with E-state index in [1.165, 1.54) is 18.7 Å². The van der Waals surface area contributed by atoms with Crippen LogP contribution in [-0.2, 0) is 0 Å². The molecular formula is C14H20FNO. The minimum Gasteiger partial charge on any atom is -0.494 e. The summed E-state index contributed by atoms with van der Waals surface area (Å²) in [6, 6.07) is 5.10. The lowest BCUT2D eigenvalue weighted by Crippen LogP contribution is -2.17. The average molecular weight is 237 g/mol. The summed E-state index contributed by atoms with van der Waals surface area (Å²) in [7, 11) is 3.37. The molecule has 1 atom stereocenters. The van der Waals surface area contributed by atoms with Crippen LogP contribution in [0.5, 0.6) is 5.75 Å². The van der Waals surface area contributed by atoms with Gasteiger partial charge in [0.25, 0.3) is 0 Å². The predicted octanol–water partition coefficient (Wildman–Crippen LogP) is 3.45. The monoisotopic (exact) mass is 237 g/mol. The van der Waals surface area contributed by atoms with Crippen molar-refractivity contribution >= 4 is 0 Å². The molecule has 2 nitrogen and oxygen atoms in total. The van der Waals surface area contributed by atoms with Crippen LogP contribution >= 0.6 is 0 Å². The summed E-state index contributed by atoms with van der Waals surface area (Å²) in [5.41, 5.74) is 2.19. The zero-order chi connectivity index (χ0) is 12.8. The van der Waals surface area contributed by atoms with Crippen molar-refractivity contribution in [2.75, 3.05) is 14.2 Å². The van der Waals surface area contributed by atoms with Crippen molar-refractivity contribution in [1.29, 1.82) is 0 Å². The number of benzene rings is 1. The number of halogens is 1. The lowest BCUT2D eigenvalue weighted by molar-refractivity contribution is 0.385. The molecule has 0 aliphatic rings. The van der Waals surface area contributed by atoms with Gasteiger partial charge < -0.3 is 10.1 Å². The second-order valence-electron chi connectivity index (χ2n) is 4.04. The van der Waals surface area contributed by atoms with Gasteiger partial charge in [-0.1, -0.05) is 25.1 Å². The standard InChI is InChI=1S/C14H20FNO/c1-5-10(2)8-13(16-3)11-6-7-12(15)14(9-11)17-4/h6-7,9,13,16H,2,5,8H2,1,3-4H3. The maximum Gasteiger partial charge on any atom is 0.165 e. The lowest BCUT2D eigenvalue weighted by atomic mass is 9.98. The summed E-state index contributed by atoms with van der Waals surface area (Å²) >= 11 is 0. The third-order valence-corrected chi connectivity index (χ3v) is 2.92. The van der Waals surface area contributed by atoms with E-state index in [1.54, 1.807) is 12.1 Å². The van der Waals surface area contributed by atoms with Crippen LogP contribution in [0.3, 0.4) is 0 Å². The zero-order valence-electron chi connectivity index (χ0n) is 10.7. The van der Waals surface area contributed by atoms with E-state index in [1.807, 2.05) is 7.05 Å². The van der Waals surface area contributed by atoms with Crippen molar-refractivity contribution in [3.63, 3.8) is 0 Å². The first-order chi connectivity index (χ1) is 8.12. The Morgan fingerprint density at radius 3 is 2.76 bits per heavy atom. The van der Waals surface area contributed by atoms with Crippen LogP contribution < -0.4 is 10.1 Å². The first-order valence-corrected chi connectivity index (χ1v) is 5.79. The number of methoxy groups -OCH3 is 1. The Balaban J connectivity index is 2.91. The molecule has 0 bridgehead atoms. The Bertz CT molecular complexity index is 390. The molecule has 0 fully saturated rings. The Labute approximate surface area is 102 Å². The molecule has 94 valence electrons. The molecule has 0 aliphatic carbocycles. The van der Waals surface area contributed by atoms with Crippen molar-refractivity contribution in [1.82, 2.24) is 5.32 Å². The summed E-state index contributed by atoms with van der Waals surface area (Å²) in [5.74, 6) is -0.0507. The summed E-state index contributed by atoms with van der Waals surface area (Å²) < 4.78 is 18.3. The summed E-state index contributed by atoms with van der Waals surface area (Å²) in [6.45, 7) is 6.08. The quantitative estimate of drug-likeness (QED) is 0.765. The summed E-state index contributed by atoms with van der Waals surface area (Å²) in [5, 5.41) is 3.22. The van der Waals surface area contributed by atoms with E-state index in [2.05, 4.69) is 18.8 Å². The molecule has 17 heavy (non-hydrogen) atoms. The average Bonchev–Trinajstić information content (AvgIpc) is 2.36. The molecule has 1 aromatic carbocycles. The predicted molar refractivity (Wildman–Crippen MR) is 68.8 cm³/mol. The van der Waals surface area contributed by atoms with Gasteiger partial charge in [0, 0.05) is 6.04 Å². The molecule has 0 heterocycles. The molecule has 0 radical (unpaired) electrons. The van der Waals surface area contributed by atoms with Crippen LogP contribution in [-0.4, -0.2) is 14.2 Å². The van der Waals surface area contributed by atoms with Gasteiger partial charge in [0.05, 0.1) is 7.11 Å². The number of nitrogens with one attached hydrogen (secondary N) is 1. The van der Waals surface area contributed by atoms with Gasteiger partial charge >= 0.3 is 0 Å². The molecule has 0 saturated heterocycles. The number of rotatable bonds is 6. The molecule has 1 N–H and O–H groups in total. The molecule has 3 heteroatoms. The van der Waals surface area contributed by atoms with Crippen LogP contribution in [0.15, 0.2) is 30.4 Å². The van der Waals surface area contributed by atoms with E-state index in [-0.39, 0.29) is 17.6 Å². The Morgan fingerprint density at radius 2 is 2.24 bits per heavy atom. The van der Waals surface area contributed by atoms with Crippen molar-refractivity contribution in [3.8, 4) is 5.75 Å². The topological polar surface area (TPSA) is 21.3 Å². The molecule has 0 amide bonds. The smallest absolute Gasteiger partial charge is 0.165 e. The Kier molecular flexibility index (Phi) is 5.16. The van der Waals surface area contributed by atoms with E-state index in [0.29, 0.717) is 0 Å². The molecule has 0 spiro atoms. The Hall–Kier alpha value is -1.35. The van der Waals surface area contributed by atoms with Gasteiger partial charge in [0.2, 0.25) is 0 Å². The number of hydrogen-bond acceptors (Lipinski definition) is 2. The van der Waals surface area contributed by atoms with Gasteiger partial charge in [-0.2, -0.15) is 0 Å². The fraction of sp³-hybridized carbons (Fsp3) is 0.429. The van der Waals surface area contributed by atoms with Crippen LogP contribution in [0.25, 0.3) is 0 Å². The summed E-state index contributed by atoms with van der Waals surface area (Å²) in [4.78, 5) is 0. The van der Waals surface area contributed by atoms with Crippen molar-refractivity contribution in [2.45, 2.75) is 25.8 Å². The van der Waals surface area contributed by atoms with Gasteiger partial charge in [-0.15, -0.1) is 0 Å². The summed E-state index contributed by atoms with van der Waals surface area (Å²) in [6.07, 6.45) is 1.80.